The zero-order valence-corrected chi connectivity index (χ0v) is 14.0. The molecule has 1 saturated heterocycles. The van der Waals surface area contributed by atoms with E-state index in [4.69, 9.17) is 0 Å². The number of carbonyl (C=O) groups excluding carboxylic acids is 2. The van der Waals surface area contributed by atoms with Gasteiger partial charge in [0.05, 0.1) is 0 Å². The van der Waals surface area contributed by atoms with Crippen molar-refractivity contribution in [1.82, 2.24) is 10.2 Å². The standard InChI is InChI=1S/C18H21F3N2O2/c1-13-2-4-14(5-3-13)6-7-16(24)23-10-8-15(9-11-23)12-22-17(25)18(19,20)21/h2-7,15H,8-12H2,1H3,(H,22,25)/b7-6+. The maximum Gasteiger partial charge on any atom is 0.471 e. The minimum absolute atomic E-state index is 0.0143. The van der Waals surface area contributed by atoms with Crippen molar-refractivity contribution in [2.75, 3.05) is 19.6 Å². The molecule has 1 aliphatic heterocycles. The quantitative estimate of drug-likeness (QED) is 0.846. The third-order valence-electron chi connectivity index (χ3n) is 4.23. The molecule has 4 nitrogen and oxygen atoms in total. The molecular formula is C18H21F3N2O2. The fourth-order valence-corrected chi connectivity index (χ4v) is 2.65. The van der Waals surface area contributed by atoms with Crippen LogP contribution in [0, 0.1) is 12.8 Å². The van der Waals surface area contributed by atoms with E-state index in [-0.39, 0.29) is 18.4 Å². The molecule has 1 aliphatic rings. The Hall–Kier alpha value is -2.31. The third-order valence-corrected chi connectivity index (χ3v) is 4.23. The molecule has 0 spiro atoms. The average molecular weight is 354 g/mol. The first kappa shape index (κ1) is 19.0. The zero-order chi connectivity index (χ0) is 18.4. The molecule has 2 rings (SSSR count). The van der Waals surface area contributed by atoms with Gasteiger partial charge in [-0.3, -0.25) is 9.59 Å². The molecule has 1 heterocycles. The van der Waals surface area contributed by atoms with E-state index in [0.717, 1.165) is 11.1 Å². The van der Waals surface area contributed by atoms with E-state index < -0.39 is 12.1 Å². The number of halogens is 3. The topological polar surface area (TPSA) is 49.4 Å². The van der Waals surface area contributed by atoms with Crippen LogP contribution in [0.1, 0.15) is 24.0 Å². The van der Waals surface area contributed by atoms with E-state index in [1.165, 1.54) is 6.08 Å². The lowest BCUT2D eigenvalue weighted by Gasteiger charge is -2.31. The molecule has 136 valence electrons. The first-order valence-electron chi connectivity index (χ1n) is 8.14. The lowest BCUT2D eigenvalue weighted by atomic mass is 9.96. The first-order valence-corrected chi connectivity index (χ1v) is 8.14. The summed E-state index contributed by atoms with van der Waals surface area (Å²) in [6.07, 6.45) is -0.449. The first-order chi connectivity index (χ1) is 11.8. The summed E-state index contributed by atoms with van der Waals surface area (Å²) in [7, 11) is 0. The van der Waals surface area contributed by atoms with Gasteiger partial charge in [0, 0.05) is 25.7 Å². The highest BCUT2D eigenvalue weighted by molar-refractivity contribution is 5.91. The van der Waals surface area contributed by atoms with E-state index >= 15 is 0 Å². The Balaban J connectivity index is 1.76. The smallest absolute Gasteiger partial charge is 0.348 e. The Kier molecular flexibility index (Phi) is 6.22. The van der Waals surface area contributed by atoms with E-state index in [9.17, 15) is 22.8 Å². The Morgan fingerprint density at radius 1 is 1.20 bits per heavy atom. The number of nitrogens with one attached hydrogen (secondary N) is 1. The van der Waals surface area contributed by atoms with Crippen LogP contribution in [0.3, 0.4) is 0 Å². The minimum atomic E-state index is -4.85. The molecule has 1 fully saturated rings. The maximum absolute atomic E-state index is 12.2. The highest BCUT2D eigenvalue weighted by Crippen LogP contribution is 2.19. The Labute approximate surface area is 144 Å². The van der Waals surface area contributed by atoms with Gasteiger partial charge in [-0.05, 0) is 37.3 Å². The monoisotopic (exact) mass is 354 g/mol. The van der Waals surface area contributed by atoms with E-state index in [1.807, 2.05) is 36.5 Å². The van der Waals surface area contributed by atoms with Gasteiger partial charge in [-0.1, -0.05) is 29.8 Å². The summed E-state index contributed by atoms with van der Waals surface area (Å²) in [6, 6.07) is 7.78. The second-order valence-electron chi connectivity index (χ2n) is 6.22. The van der Waals surface area contributed by atoms with Crippen molar-refractivity contribution in [3.63, 3.8) is 0 Å². The summed E-state index contributed by atoms with van der Waals surface area (Å²) in [5.74, 6) is -2.07. The van der Waals surface area contributed by atoms with Crippen LogP contribution in [-0.4, -0.2) is 42.5 Å². The summed E-state index contributed by atoms with van der Waals surface area (Å²) in [5.41, 5.74) is 2.08. The number of rotatable bonds is 4. The normalized spacial score (nSPS) is 16.2. The van der Waals surface area contributed by atoms with Gasteiger partial charge in [-0.2, -0.15) is 13.2 Å². The van der Waals surface area contributed by atoms with Crippen LogP contribution in [0.5, 0.6) is 0 Å². The molecule has 25 heavy (non-hydrogen) atoms. The number of alkyl halides is 3. The van der Waals surface area contributed by atoms with Gasteiger partial charge in [-0.15, -0.1) is 0 Å². The van der Waals surface area contributed by atoms with Gasteiger partial charge in [0.1, 0.15) is 0 Å². The lowest BCUT2D eigenvalue weighted by Crippen LogP contribution is -2.43. The number of benzene rings is 1. The molecule has 0 bridgehead atoms. The van der Waals surface area contributed by atoms with Crippen molar-refractivity contribution >= 4 is 17.9 Å². The molecule has 1 aromatic rings. The summed E-state index contributed by atoms with van der Waals surface area (Å²) in [4.78, 5) is 24.6. The number of likely N-dealkylation sites (tertiary alicyclic amines) is 1. The van der Waals surface area contributed by atoms with Crippen LogP contribution < -0.4 is 5.32 Å². The predicted molar refractivity (Wildman–Crippen MR) is 88.6 cm³/mol. The van der Waals surface area contributed by atoms with Crippen molar-refractivity contribution in [1.29, 1.82) is 0 Å². The Morgan fingerprint density at radius 3 is 2.36 bits per heavy atom. The predicted octanol–water partition coefficient (Wildman–Crippen LogP) is 2.93. The second-order valence-corrected chi connectivity index (χ2v) is 6.22. The van der Waals surface area contributed by atoms with Crippen LogP contribution in [0.15, 0.2) is 30.3 Å². The highest BCUT2D eigenvalue weighted by atomic mass is 19.4. The average Bonchev–Trinajstić information content (AvgIpc) is 2.58. The summed E-state index contributed by atoms with van der Waals surface area (Å²) < 4.78 is 36.4. The molecule has 0 atom stereocenters. The fraction of sp³-hybridized carbons (Fsp3) is 0.444. The Morgan fingerprint density at radius 2 is 1.80 bits per heavy atom. The minimum Gasteiger partial charge on any atom is -0.348 e. The summed E-state index contributed by atoms with van der Waals surface area (Å²) in [5, 5.41) is 1.91. The summed E-state index contributed by atoms with van der Waals surface area (Å²) >= 11 is 0. The SMILES string of the molecule is Cc1ccc(/C=C/C(=O)N2CCC(CNC(=O)C(F)(F)F)CC2)cc1. The van der Waals surface area contributed by atoms with Gasteiger partial charge in [-0.25, -0.2) is 0 Å². The molecule has 1 aromatic carbocycles. The van der Waals surface area contributed by atoms with Crippen molar-refractivity contribution in [2.45, 2.75) is 25.9 Å². The largest absolute Gasteiger partial charge is 0.471 e. The number of aryl methyl sites for hydroxylation is 1. The molecule has 0 aliphatic carbocycles. The number of hydrogen-bond donors (Lipinski definition) is 1. The zero-order valence-electron chi connectivity index (χ0n) is 14.0. The number of piperidine rings is 1. The van der Waals surface area contributed by atoms with Crippen LogP contribution in [0.2, 0.25) is 0 Å². The van der Waals surface area contributed by atoms with Crippen LogP contribution in [0.4, 0.5) is 13.2 Å². The van der Waals surface area contributed by atoms with E-state index in [1.54, 1.807) is 11.0 Å². The number of carbonyl (C=O) groups is 2. The lowest BCUT2D eigenvalue weighted by molar-refractivity contribution is -0.173. The third kappa shape index (κ3) is 5.92. The molecule has 0 radical (unpaired) electrons. The molecule has 0 unspecified atom stereocenters. The van der Waals surface area contributed by atoms with Gasteiger partial charge in [0.25, 0.3) is 0 Å². The molecule has 2 amide bonds. The summed E-state index contributed by atoms with van der Waals surface area (Å²) in [6.45, 7) is 2.92. The van der Waals surface area contributed by atoms with Crippen molar-refractivity contribution in [3.8, 4) is 0 Å². The van der Waals surface area contributed by atoms with Crippen molar-refractivity contribution in [3.05, 3.63) is 41.5 Å². The molecule has 7 heteroatoms. The van der Waals surface area contributed by atoms with Gasteiger partial charge in [0.2, 0.25) is 5.91 Å². The number of hydrogen-bond acceptors (Lipinski definition) is 2. The van der Waals surface area contributed by atoms with Crippen LogP contribution in [0.25, 0.3) is 6.08 Å². The fourth-order valence-electron chi connectivity index (χ4n) is 2.65. The van der Waals surface area contributed by atoms with Crippen molar-refractivity contribution < 1.29 is 22.8 Å². The molecule has 1 N–H and O–H groups in total. The Bertz CT molecular complexity index is 631. The van der Waals surface area contributed by atoms with Crippen molar-refractivity contribution in [2.24, 2.45) is 5.92 Å². The maximum atomic E-state index is 12.2. The van der Waals surface area contributed by atoms with Gasteiger partial charge < -0.3 is 10.2 Å². The number of amides is 2. The molecule has 0 aromatic heterocycles. The second kappa shape index (κ2) is 8.18. The van der Waals surface area contributed by atoms with Crippen LogP contribution in [-0.2, 0) is 9.59 Å². The molecular weight excluding hydrogens is 333 g/mol. The van der Waals surface area contributed by atoms with Crippen LogP contribution >= 0.6 is 0 Å². The van der Waals surface area contributed by atoms with E-state index in [2.05, 4.69) is 0 Å². The molecule has 0 saturated carbocycles. The van der Waals surface area contributed by atoms with E-state index in [0.29, 0.717) is 25.9 Å². The number of nitrogens with zero attached hydrogens (tertiary/aromatic N) is 1. The highest BCUT2D eigenvalue weighted by Gasteiger charge is 2.38. The van der Waals surface area contributed by atoms with Gasteiger partial charge in [0.15, 0.2) is 0 Å². The van der Waals surface area contributed by atoms with Gasteiger partial charge >= 0.3 is 12.1 Å².